The second kappa shape index (κ2) is 12.6. The van der Waals surface area contributed by atoms with E-state index in [0.717, 1.165) is 31.2 Å². The number of carboxylic acids is 1. The van der Waals surface area contributed by atoms with Gasteiger partial charge in [0.05, 0.1) is 25.0 Å². The molecule has 1 aliphatic carbocycles. The second-order valence-corrected chi connectivity index (χ2v) is 9.45. The number of hydrogen-bond donors (Lipinski definition) is 2. The van der Waals surface area contributed by atoms with E-state index in [4.69, 9.17) is 30.1 Å². The van der Waals surface area contributed by atoms with Crippen LogP contribution in [0.3, 0.4) is 0 Å². The molecule has 3 aromatic rings. The van der Waals surface area contributed by atoms with Crippen LogP contribution in [0.1, 0.15) is 25.7 Å². The molecule has 2 aromatic carbocycles. The van der Waals surface area contributed by atoms with Gasteiger partial charge in [-0.25, -0.2) is 9.18 Å². The number of carboxylic acid groups (broad SMARTS) is 1. The van der Waals surface area contributed by atoms with Gasteiger partial charge in [0.25, 0.3) is 5.91 Å². The van der Waals surface area contributed by atoms with Crippen LogP contribution in [0.5, 0.6) is 11.6 Å². The molecule has 0 bridgehead atoms. The zero-order valence-electron chi connectivity index (χ0n) is 21.3. The van der Waals surface area contributed by atoms with Crippen molar-refractivity contribution in [1.82, 2.24) is 9.78 Å². The molecule has 4 rings (SSSR count). The number of carbonyl (C=O) groups is 2. The van der Waals surface area contributed by atoms with E-state index >= 15 is 4.39 Å². The largest absolute Gasteiger partial charge is 0.494 e. The zero-order valence-corrected chi connectivity index (χ0v) is 21.3. The van der Waals surface area contributed by atoms with Crippen LogP contribution in [-0.4, -0.2) is 53.7 Å². The first-order valence-corrected chi connectivity index (χ1v) is 12.6. The minimum absolute atomic E-state index is 0.0820. The van der Waals surface area contributed by atoms with E-state index in [1.165, 1.54) is 13.2 Å². The van der Waals surface area contributed by atoms with Gasteiger partial charge in [-0.2, -0.15) is 0 Å². The molecule has 38 heavy (non-hydrogen) atoms. The van der Waals surface area contributed by atoms with E-state index < -0.39 is 24.3 Å². The van der Waals surface area contributed by atoms with Crippen LogP contribution < -0.4 is 15.2 Å². The molecule has 0 unspecified atom stereocenters. The van der Waals surface area contributed by atoms with Gasteiger partial charge in [-0.15, -0.1) is 5.10 Å². The van der Waals surface area contributed by atoms with Crippen molar-refractivity contribution in [2.24, 2.45) is 17.6 Å². The standard InChI is InChI=1S/C28H32FN3O6/c1-36-22-9-5-8-21(26(22)29)25-27(20-6-3-2-4-7-20)32(31-28(25)38-16-23(30)33)14-18-10-12-19(13-11-18)15-37-17-24(34)35/h2-9,18-19H,10-17H2,1H3,(H2,30,33)(H,34,35). The average Bonchev–Trinajstić information content (AvgIpc) is 3.26. The maximum Gasteiger partial charge on any atom is 0.329 e. The number of primary amides is 1. The van der Waals surface area contributed by atoms with Gasteiger partial charge in [-0.3, -0.25) is 9.48 Å². The highest BCUT2D eigenvalue weighted by Gasteiger charge is 2.29. The maximum absolute atomic E-state index is 15.5. The van der Waals surface area contributed by atoms with Gasteiger partial charge in [0.15, 0.2) is 18.2 Å². The van der Waals surface area contributed by atoms with Crippen LogP contribution in [0.4, 0.5) is 4.39 Å². The van der Waals surface area contributed by atoms with Crippen molar-refractivity contribution in [3.8, 4) is 34.0 Å². The number of nitrogens with zero attached hydrogens (tertiary/aromatic N) is 2. The third-order valence-corrected chi connectivity index (χ3v) is 6.75. The Morgan fingerprint density at radius 1 is 1.05 bits per heavy atom. The van der Waals surface area contributed by atoms with Gasteiger partial charge < -0.3 is 25.1 Å². The summed E-state index contributed by atoms with van der Waals surface area (Å²) in [5.41, 5.74) is 7.50. The molecule has 1 saturated carbocycles. The third kappa shape index (κ3) is 6.49. The minimum atomic E-state index is -0.969. The number of ether oxygens (including phenoxy) is 3. The van der Waals surface area contributed by atoms with Gasteiger partial charge in [0, 0.05) is 17.7 Å². The molecule has 0 saturated heterocycles. The fraction of sp³-hybridized carbons (Fsp3) is 0.393. The van der Waals surface area contributed by atoms with E-state index in [-0.39, 0.29) is 23.8 Å². The second-order valence-electron chi connectivity index (χ2n) is 9.45. The molecular weight excluding hydrogens is 493 g/mol. The molecule has 9 nitrogen and oxygen atoms in total. The monoisotopic (exact) mass is 525 g/mol. The molecule has 0 aliphatic heterocycles. The molecule has 10 heteroatoms. The van der Waals surface area contributed by atoms with Crippen LogP contribution >= 0.6 is 0 Å². The zero-order chi connectivity index (χ0) is 27.1. The number of rotatable bonds is 12. The lowest BCUT2D eigenvalue weighted by Gasteiger charge is -2.28. The number of carbonyl (C=O) groups excluding carboxylic acids is 1. The van der Waals surface area contributed by atoms with Crippen molar-refractivity contribution in [3.63, 3.8) is 0 Å². The minimum Gasteiger partial charge on any atom is -0.494 e. The maximum atomic E-state index is 15.5. The lowest BCUT2D eigenvalue weighted by atomic mass is 9.82. The number of halogens is 1. The van der Waals surface area contributed by atoms with Gasteiger partial charge in [0.2, 0.25) is 5.88 Å². The summed E-state index contributed by atoms with van der Waals surface area (Å²) in [5, 5.41) is 13.5. The number of methoxy groups -OCH3 is 1. The summed E-state index contributed by atoms with van der Waals surface area (Å²) in [6.45, 7) is 0.308. The lowest BCUT2D eigenvalue weighted by Crippen LogP contribution is -2.23. The Labute approximate surface area is 220 Å². The smallest absolute Gasteiger partial charge is 0.329 e. The topological polar surface area (TPSA) is 126 Å². The Morgan fingerprint density at radius 2 is 1.76 bits per heavy atom. The van der Waals surface area contributed by atoms with E-state index in [1.54, 1.807) is 12.1 Å². The van der Waals surface area contributed by atoms with Crippen LogP contribution in [0.15, 0.2) is 48.5 Å². The Morgan fingerprint density at radius 3 is 2.42 bits per heavy atom. The molecule has 0 spiro atoms. The number of aromatic nitrogens is 2. The first-order chi connectivity index (χ1) is 18.4. The van der Waals surface area contributed by atoms with Crippen LogP contribution in [0.2, 0.25) is 0 Å². The van der Waals surface area contributed by atoms with E-state index in [1.807, 2.05) is 35.0 Å². The van der Waals surface area contributed by atoms with E-state index in [2.05, 4.69) is 0 Å². The average molecular weight is 526 g/mol. The number of hydrogen-bond acceptors (Lipinski definition) is 6. The lowest BCUT2D eigenvalue weighted by molar-refractivity contribution is -0.142. The Balaban J connectivity index is 1.69. The van der Waals surface area contributed by atoms with Gasteiger partial charge in [-0.05, 0) is 43.6 Å². The number of aliphatic carboxylic acids is 1. The number of amides is 1. The van der Waals surface area contributed by atoms with Gasteiger partial charge in [-0.1, -0.05) is 42.5 Å². The molecule has 0 atom stereocenters. The summed E-state index contributed by atoms with van der Waals surface area (Å²) < 4.78 is 33.6. The molecule has 1 fully saturated rings. The molecule has 1 amide bonds. The van der Waals surface area contributed by atoms with E-state index in [0.29, 0.717) is 36.2 Å². The fourth-order valence-corrected chi connectivity index (χ4v) is 4.94. The molecule has 3 N–H and O–H groups in total. The predicted molar refractivity (Wildman–Crippen MR) is 138 cm³/mol. The quantitative estimate of drug-likeness (QED) is 0.364. The third-order valence-electron chi connectivity index (χ3n) is 6.75. The summed E-state index contributed by atoms with van der Waals surface area (Å²) in [5.74, 6) is -1.39. The van der Waals surface area contributed by atoms with Crippen molar-refractivity contribution in [2.75, 3.05) is 26.9 Å². The van der Waals surface area contributed by atoms with E-state index in [9.17, 15) is 9.59 Å². The SMILES string of the molecule is COc1cccc(-c2c(OCC(N)=O)nn(CC3CCC(COCC(=O)O)CC3)c2-c2ccccc2)c1F. The molecule has 0 radical (unpaired) electrons. The summed E-state index contributed by atoms with van der Waals surface area (Å²) in [4.78, 5) is 22.3. The summed E-state index contributed by atoms with van der Waals surface area (Å²) in [6.07, 6.45) is 3.65. The van der Waals surface area contributed by atoms with Crippen molar-refractivity contribution < 1.29 is 33.3 Å². The first-order valence-electron chi connectivity index (χ1n) is 12.6. The molecule has 1 aromatic heterocycles. The Kier molecular flexibility index (Phi) is 8.96. The highest BCUT2D eigenvalue weighted by atomic mass is 19.1. The van der Waals surface area contributed by atoms with Crippen LogP contribution in [0, 0.1) is 17.7 Å². The van der Waals surface area contributed by atoms with Crippen molar-refractivity contribution >= 4 is 11.9 Å². The number of benzene rings is 2. The van der Waals surface area contributed by atoms with Crippen LogP contribution in [-0.2, 0) is 20.9 Å². The number of nitrogens with two attached hydrogens (primary N) is 1. The highest BCUT2D eigenvalue weighted by molar-refractivity contribution is 5.86. The first kappa shape index (κ1) is 27.1. The Hall–Kier alpha value is -3.92. The Bertz CT molecular complexity index is 1250. The predicted octanol–water partition coefficient (Wildman–Crippen LogP) is 4.14. The summed E-state index contributed by atoms with van der Waals surface area (Å²) in [6, 6.07) is 14.4. The molecule has 1 heterocycles. The summed E-state index contributed by atoms with van der Waals surface area (Å²) in [7, 11) is 1.40. The highest BCUT2D eigenvalue weighted by Crippen LogP contribution is 2.43. The van der Waals surface area contributed by atoms with Crippen LogP contribution in [0.25, 0.3) is 22.4 Å². The summed E-state index contributed by atoms with van der Waals surface area (Å²) >= 11 is 0. The molecule has 202 valence electrons. The fourth-order valence-electron chi connectivity index (χ4n) is 4.94. The van der Waals surface area contributed by atoms with Crippen molar-refractivity contribution in [2.45, 2.75) is 32.2 Å². The molecule has 1 aliphatic rings. The van der Waals surface area contributed by atoms with Crippen molar-refractivity contribution in [1.29, 1.82) is 0 Å². The van der Waals surface area contributed by atoms with Gasteiger partial charge >= 0.3 is 5.97 Å². The molecular formula is C28H32FN3O6. The van der Waals surface area contributed by atoms with Gasteiger partial charge in [0.1, 0.15) is 6.61 Å². The van der Waals surface area contributed by atoms with Crippen molar-refractivity contribution in [3.05, 3.63) is 54.3 Å². The normalized spacial score (nSPS) is 17.2.